The maximum absolute atomic E-state index is 12.9. The molecule has 1 aliphatic rings. The summed E-state index contributed by atoms with van der Waals surface area (Å²) in [5.74, 6) is -0.122. The van der Waals surface area contributed by atoms with E-state index in [0.717, 1.165) is 36.9 Å². The van der Waals surface area contributed by atoms with Crippen molar-refractivity contribution in [2.45, 2.75) is 19.3 Å². The Hall–Kier alpha value is -3.05. The molecule has 5 heteroatoms. The maximum atomic E-state index is 12.9. The second-order valence-corrected chi connectivity index (χ2v) is 7.76. The highest BCUT2D eigenvalue weighted by atomic mass is 19.1. The smallest absolute Gasteiger partial charge is 0.336 e. The molecule has 0 N–H and O–H groups in total. The standard InChI is InChI=1S/C25H26FNO3/c1-27(2)17-21-5-3-4-20(25(21)29)16-19-8-13-23(14-9-19)30-24(28)15-10-18-6-11-22(26)12-7-18/h6-16,21H,3-5,17H2,1-2H3/b15-10+,20-16+. The van der Waals surface area contributed by atoms with Gasteiger partial charge < -0.3 is 9.64 Å². The Bertz CT molecular complexity index is 943. The van der Waals surface area contributed by atoms with Gasteiger partial charge in [-0.1, -0.05) is 24.3 Å². The topological polar surface area (TPSA) is 46.6 Å². The molecule has 1 atom stereocenters. The Morgan fingerprint density at radius 2 is 1.77 bits per heavy atom. The molecule has 0 bridgehead atoms. The van der Waals surface area contributed by atoms with Gasteiger partial charge in [-0.05, 0) is 86.5 Å². The molecule has 1 saturated carbocycles. The van der Waals surface area contributed by atoms with Crippen LogP contribution in [0.5, 0.6) is 5.75 Å². The zero-order valence-corrected chi connectivity index (χ0v) is 17.3. The molecular weight excluding hydrogens is 381 g/mol. The summed E-state index contributed by atoms with van der Waals surface area (Å²) in [5.41, 5.74) is 2.48. The third-order valence-electron chi connectivity index (χ3n) is 4.99. The van der Waals surface area contributed by atoms with Crippen LogP contribution in [0, 0.1) is 11.7 Å². The Kier molecular flexibility index (Phi) is 7.31. The van der Waals surface area contributed by atoms with Gasteiger partial charge in [0.2, 0.25) is 0 Å². The maximum Gasteiger partial charge on any atom is 0.336 e. The van der Waals surface area contributed by atoms with E-state index < -0.39 is 5.97 Å². The minimum absolute atomic E-state index is 0.0631. The van der Waals surface area contributed by atoms with E-state index in [1.807, 2.05) is 32.3 Å². The van der Waals surface area contributed by atoms with Crippen LogP contribution in [0.1, 0.15) is 30.4 Å². The van der Waals surface area contributed by atoms with E-state index in [1.165, 1.54) is 18.2 Å². The lowest BCUT2D eigenvalue weighted by atomic mass is 9.83. The zero-order chi connectivity index (χ0) is 21.5. The van der Waals surface area contributed by atoms with Gasteiger partial charge in [0.1, 0.15) is 11.6 Å². The van der Waals surface area contributed by atoms with Crippen molar-refractivity contribution in [1.29, 1.82) is 0 Å². The molecule has 3 rings (SSSR count). The lowest BCUT2D eigenvalue weighted by molar-refractivity contribution is -0.129. The van der Waals surface area contributed by atoms with E-state index in [9.17, 15) is 14.0 Å². The highest BCUT2D eigenvalue weighted by Crippen LogP contribution is 2.27. The average molecular weight is 407 g/mol. The number of ether oxygens (including phenoxy) is 1. The van der Waals surface area contributed by atoms with Crippen LogP contribution in [-0.2, 0) is 9.59 Å². The lowest BCUT2D eigenvalue weighted by Gasteiger charge is -2.25. The molecule has 30 heavy (non-hydrogen) atoms. The molecule has 0 spiro atoms. The van der Waals surface area contributed by atoms with Gasteiger partial charge >= 0.3 is 5.97 Å². The van der Waals surface area contributed by atoms with Crippen molar-refractivity contribution in [3.8, 4) is 5.75 Å². The van der Waals surface area contributed by atoms with Gasteiger partial charge in [0, 0.05) is 18.5 Å². The Morgan fingerprint density at radius 3 is 2.43 bits per heavy atom. The van der Waals surface area contributed by atoms with Crippen LogP contribution in [0.15, 0.2) is 60.2 Å². The van der Waals surface area contributed by atoms with Crippen LogP contribution in [0.4, 0.5) is 4.39 Å². The van der Waals surface area contributed by atoms with E-state index in [4.69, 9.17) is 4.74 Å². The van der Waals surface area contributed by atoms with Crippen LogP contribution in [0.25, 0.3) is 12.2 Å². The number of rotatable bonds is 6. The Labute approximate surface area is 176 Å². The SMILES string of the molecule is CN(C)CC1CCC/C(=C\c2ccc(OC(=O)/C=C/c3ccc(F)cc3)cc2)C1=O. The summed E-state index contributed by atoms with van der Waals surface area (Å²) in [6.45, 7) is 0.774. The first-order valence-corrected chi connectivity index (χ1v) is 10.1. The van der Waals surface area contributed by atoms with Gasteiger partial charge in [0.15, 0.2) is 5.78 Å². The van der Waals surface area contributed by atoms with E-state index in [-0.39, 0.29) is 17.5 Å². The van der Waals surface area contributed by atoms with Crippen LogP contribution < -0.4 is 4.74 Å². The summed E-state index contributed by atoms with van der Waals surface area (Å²) in [4.78, 5) is 26.7. The summed E-state index contributed by atoms with van der Waals surface area (Å²) < 4.78 is 18.2. The van der Waals surface area contributed by atoms with Crippen LogP contribution >= 0.6 is 0 Å². The average Bonchev–Trinajstić information content (AvgIpc) is 2.72. The molecule has 0 heterocycles. The minimum Gasteiger partial charge on any atom is -0.423 e. The van der Waals surface area contributed by atoms with Gasteiger partial charge in [0.05, 0.1) is 0 Å². The van der Waals surface area contributed by atoms with Crippen molar-refractivity contribution >= 4 is 23.9 Å². The number of hydrogen-bond donors (Lipinski definition) is 0. The first kappa shape index (κ1) is 21.7. The number of Topliss-reactive ketones (excluding diaryl/α,β-unsaturated/α-hetero) is 1. The number of hydrogen-bond acceptors (Lipinski definition) is 4. The van der Waals surface area contributed by atoms with Gasteiger partial charge in [-0.25, -0.2) is 9.18 Å². The molecule has 0 saturated heterocycles. The number of carbonyl (C=O) groups excluding carboxylic acids is 2. The Balaban J connectivity index is 1.60. The second-order valence-electron chi connectivity index (χ2n) is 7.76. The molecule has 1 aliphatic carbocycles. The number of allylic oxidation sites excluding steroid dienone is 1. The number of benzene rings is 2. The molecule has 1 unspecified atom stereocenters. The third kappa shape index (κ3) is 6.22. The van der Waals surface area contributed by atoms with Crippen molar-refractivity contribution in [1.82, 2.24) is 4.90 Å². The fraction of sp³-hybridized carbons (Fsp3) is 0.280. The molecule has 2 aromatic carbocycles. The van der Waals surface area contributed by atoms with Crippen molar-refractivity contribution in [2.24, 2.45) is 5.92 Å². The first-order chi connectivity index (χ1) is 14.4. The number of esters is 1. The van der Waals surface area contributed by atoms with Gasteiger partial charge in [-0.2, -0.15) is 0 Å². The third-order valence-corrected chi connectivity index (χ3v) is 4.99. The highest BCUT2D eigenvalue weighted by molar-refractivity contribution is 6.01. The quantitative estimate of drug-likeness (QED) is 0.394. The van der Waals surface area contributed by atoms with E-state index in [2.05, 4.69) is 4.90 Å². The van der Waals surface area contributed by atoms with E-state index in [1.54, 1.807) is 30.3 Å². The zero-order valence-electron chi connectivity index (χ0n) is 17.3. The minimum atomic E-state index is -0.514. The van der Waals surface area contributed by atoms with Crippen molar-refractivity contribution in [3.05, 3.63) is 77.1 Å². The lowest BCUT2D eigenvalue weighted by Crippen LogP contribution is -2.31. The largest absolute Gasteiger partial charge is 0.423 e. The molecule has 2 aromatic rings. The predicted molar refractivity (Wildman–Crippen MR) is 116 cm³/mol. The number of carbonyl (C=O) groups is 2. The summed E-state index contributed by atoms with van der Waals surface area (Å²) in [6, 6.07) is 12.9. The summed E-state index contributed by atoms with van der Waals surface area (Å²) in [6.07, 6.45) is 7.56. The molecule has 0 aromatic heterocycles. The van der Waals surface area contributed by atoms with E-state index in [0.29, 0.717) is 11.3 Å². The fourth-order valence-electron chi connectivity index (χ4n) is 3.54. The predicted octanol–water partition coefficient (Wildman–Crippen LogP) is 4.76. The summed E-state index contributed by atoms with van der Waals surface area (Å²) in [7, 11) is 3.97. The Morgan fingerprint density at radius 1 is 1.10 bits per heavy atom. The number of halogens is 1. The van der Waals surface area contributed by atoms with Crippen LogP contribution in [-0.4, -0.2) is 37.3 Å². The van der Waals surface area contributed by atoms with Gasteiger partial charge in [-0.15, -0.1) is 0 Å². The summed E-state index contributed by atoms with van der Waals surface area (Å²) >= 11 is 0. The number of nitrogens with zero attached hydrogens (tertiary/aromatic N) is 1. The summed E-state index contributed by atoms with van der Waals surface area (Å²) in [5, 5.41) is 0. The van der Waals surface area contributed by atoms with Crippen molar-refractivity contribution in [3.63, 3.8) is 0 Å². The van der Waals surface area contributed by atoms with Crippen LogP contribution in [0.3, 0.4) is 0 Å². The van der Waals surface area contributed by atoms with E-state index >= 15 is 0 Å². The molecule has 0 radical (unpaired) electrons. The molecular formula is C25H26FNO3. The van der Waals surface area contributed by atoms with Gasteiger partial charge in [-0.3, -0.25) is 4.79 Å². The van der Waals surface area contributed by atoms with Crippen molar-refractivity contribution in [2.75, 3.05) is 20.6 Å². The fourth-order valence-corrected chi connectivity index (χ4v) is 3.54. The highest BCUT2D eigenvalue weighted by Gasteiger charge is 2.26. The number of ketones is 1. The first-order valence-electron chi connectivity index (χ1n) is 10.1. The van der Waals surface area contributed by atoms with Gasteiger partial charge in [0.25, 0.3) is 0 Å². The molecule has 4 nitrogen and oxygen atoms in total. The molecule has 1 fully saturated rings. The van der Waals surface area contributed by atoms with Crippen LogP contribution in [0.2, 0.25) is 0 Å². The normalized spacial score (nSPS) is 18.3. The monoisotopic (exact) mass is 407 g/mol. The van der Waals surface area contributed by atoms with Crippen molar-refractivity contribution < 1.29 is 18.7 Å². The molecule has 156 valence electrons. The second kappa shape index (κ2) is 10.1. The molecule has 0 aliphatic heterocycles. The molecule has 0 amide bonds.